The zero-order chi connectivity index (χ0) is 12.7. The van der Waals surface area contributed by atoms with Gasteiger partial charge in [0.1, 0.15) is 0 Å². The van der Waals surface area contributed by atoms with Crippen LogP contribution in [0, 0.1) is 11.8 Å². The van der Waals surface area contributed by atoms with Crippen LogP contribution in [0.15, 0.2) is 36.7 Å². The highest BCUT2D eigenvalue weighted by molar-refractivity contribution is 6.40. The summed E-state index contributed by atoms with van der Waals surface area (Å²) in [6.07, 6.45) is 5.79. The van der Waals surface area contributed by atoms with Crippen LogP contribution < -0.4 is 0 Å². The Hall–Kier alpha value is -2.41. The lowest BCUT2D eigenvalue weighted by Crippen LogP contribution is -2.28. The molecule has 1 heterocycles. The highest BCUT2D eigenvalue weighted by Gasteiger charge is 2.10. The molecule has 0 fully saturated rings. The number of aromatic nitrogens is 1. The fourth-order valence-electron chi connectivity index (χ4n) is 0.971. The van der Waals surface area contributed by atoms with Gasteiger partial charge in [0.2, 0.25) is 5.78 Å². The van der Waals surface area contributed by atoms with Gasteiger partial charge in [-0.3, -0.25) is 14.6 Å². The van der Waals surface area contributed by atoms with Gasteiger partial charge in [-0.05, 0) is 24.3 Å². The summed E-state index contributed by atoms with van der Waals surface area (Å²) in [7, 11) is 3.05. The summed E-state index contributed by atoms with van der Waals surface area (Å²) in [5.41, 5.74) is 0.753. The molecule has 0 aliphatic rings. The number of hydrogen-bond donors (Lipinski definition) is 0. The number of likely N-dealkylation sites (N-methyl/N-ethyl adjacent to an activating group) is 1. The standard InChI is InChI=1S/C13H12N2O2/c1-15(2)13(17)12(16)8-4-3-6-11-7-5-9-14-10-11/h4-5,7-10H,1-2H3/b8-4+. The first-order valence-electron chi connectivity index (χ1n) is 4.95. The molecule has 0 atom stereocenters. The molecule has 0 radical (unpaired) electrons. The molecular formula is C13H12N2O2. The van der Waals surface area contributed by atoms with Crippen molar-refractivity contribution < 1.29 is 9.59 Å². The number of amides is 1. The second-order valence-electron chi connectivity index (χ2n) is 3.41. The van der Waals surface area contributed by atoms with Gasteiger partial charge >= 0.3 is 0 Å². The van der Waals surface area contributed by atoms with Crippen molar-refractivity contribution in [2.75, 3.05) is 14.1 Å². The molecule has 1 aromatic rings. The van der Waals surface area contributed by atoms with Crippen molar-refractivity contribution in [1.29, 1.82) is 0 Å². The Morgan fingerprint density at radius 1 is 1.41 bits per heavy atom. The van der Waals surface area contributed by atoms with E-state index in [4.69, 9.17) is 0 Å². The van der Waals surface area contributed by atoms with Crippen LogP contribution in [0.3, 0.4) is 0 Å². The molecule has 0 spiro atoms. The van der Waals surface area contributed by atoms with Crippen molar-refractivity contribution in [3.63, 3.8) is 0 Å². The van der Waals surface area contributed by atoms with Gasteiger partial charge in [0.25, 0.3) is 5.91 Å². The van der Waals surface area contributed by atoms with Crippen molar-refractivity contribution >= 4 is 11.7 Å². The maximum Gasteiger partial charge on any atom is 0.293 e. The summed E-state index contributed by atoms with van der Waals surface area (Å²) in [5, 5.41) is 0. The smallest absolute Gasteiger partial charge is 0.293 e. The first-order chi connectivity index (χ1) is 8.11. The van der Waals surface area contributed by atoms with E-state index in [-0.39, 0.29) is 0 Å². The Labute approximate surface area is 100.0 Å². The van der Waals surface area contributed by atoms with E-state index in [0.29, 0.717) is 0 Å². The van der Waals surface area contributed by atoms with Gasteiger partial charge in [-0.2, -0.15) is 0 Å². The molecule has 0 aliphatic heterocycles. The predicted octanol–water partition coefficient (Wildman–Crippen LogP) is 0.647. The zero-order valence-corrected chi connectivity index (χ0v) is 9.68. The van der Waals surface area contributed by atoms with Crippen LogP contribution in [-0.4, -0.2) is 35.7 Å². The maximum atomic E-state index is 11.2. The minimum Gasteiger partial charge on any atom is -0.342 e. The minimum absolute atomic E-state index is 0.565. The fraction of sp³-hybridized carbons (Fsp3) is 0.154. The monoisotopic (exact) mass is 228 g/mol. The summed E-state index contributed by atoms with van der Waals surface area (Å²) in [6, 6.07) is 3.58. The largest absolute Gasteiger partial charge is 0.342 e. The van der Waals surface area contributed by atoms with Gasteiger partial charge in [-0.15, -0.1) is 0 Å². The number of ketones is 1. The molecule has 4 nitrogen and oxygen atoms in total. The zero-order valence-electron chi connectivity index (χ0n) is 9.68. The minimum atomic E-state index is -0.588. The lowest BCUT2D eigenvalue weighted by Gasteiger charge is -2.05. The fourth-order valence-corrected chi connectivity index (χ4v) is 0.971. The quantitative estimate of drug-likeness (QED) is 0.424. The van der Waals surface area contributed by atoms with E-state index in [1.807, 2.05) is 0 Å². The Morgan fingerprint density at radius 3 is 2.76 bits per heavy atom. The molecule has 86 valence electrons. The lowest BCUT2D eigenvalue weighted by molar-refractivity contribution is -0.140. The average molecular weight is 228 g/mol. The van der Waals surface area contributed by atoms with Crippen LogP contribution in [-0.2, 0) is 9.59 Å². The number of hydrogen-bond acceptors (Lipinski definition) is 3. The van der Waals surface area contributed by atoms with Crippen molar-refractivity contribution in [1.82, 2.24) is 9.88 Å². The molecule has 0 aromatic carbocycles. The number of rotatable bonds is 2. The van der Waals surface area contributed by atoms with Crippen LogP contribution in [0.4, 0.5) is 0 Å². The molecule has 17 heavy (non-hydrogen) atoms. The highest BCUT2D eigenvalue weighted by Crippen LogP contribution is 1.91. The molecule has 0 saturated heterocycles. The van der Waals surface area contributed by atoms with Gasteiger partial charge in [-0.1, -0.05) is 11.8 Å². The highest BCUT2D eigenvalue weighted by atomic mass is 16.2. The third kappa shape index (κ3) is 4.31. The van der Waals surface area contributed by atoms with Gasteiger partial charge in [0.15, 0.2) is 0 Å². The molecule has 1 amide bonds. The van der Waals surface area contributed by atoms with Crippen molar-refractivity contribution in [3.05, 3.63) is 42.2 Å². The molecule has 0 bridgehead atoms. The lowest BCUT2D eigenvalue weighted by atomic mass is 10.3. The van der Waals surface area contributed by atoms with Gasteiger partial charge < -0.3 is 4.90 Å². The normalized spacial score (nSPS) is 9.53. The summed E-state index contributed by atoms with van der Waals surface area (Å²) in [4.78, 5) is 27.5. The van der Waals surface area contributed by atoms with Gasteiger partial charge in [0.05, 0.1) is 0 Å². The third-order valence-electron chi connectivity index (χ3n) is 1.81. The molecule has 1 rings (SSSR count). The SMILES string of the molecule is CN(C)C(=O)C(=O)/C=C/C#Cc1cccnc1. The van der Waals surface area contributed by atoms with Crippen LogP contribution in [0.1, 0.15) is 5.56 Å². The number of nitrogens with zero attached hydrogens (tertiary/aromatic N) is 2. The van der Waals surface area contributed by atoms with Crippen molar-refractivity contribution in [2.45, 2.75) is 0 Å². The van der Waals surface area contributed by atoms with Crippen molar-refractivity contribution in [2.24, 2.45) is 0 Å². The van der Waals surface area contributed by atoms with Crippen molar-refractivity contribution in [3.8, 4) is 11.8 Å². The second kappa shape index (κ2) is 6.23. The summed E-state index contributed by atoms with van der Waals surface area (Å²) in [6.45, 7) is 0. The van der Waals surface area contributed by atoms with E-state index in [0.717, 1.165) is 11.6 Å². The molecule has 0 N–H and O–H groups in total. The topological polar surface area (TPSA) is 50.3 Å². The van der Waals surface area contributed by atoms with Gasteiger partial charge in [0, 0.05) is 32.1 Å². The van der Waals surface area contributed by atoms with E-state index in [9.17, 15) is 9.59 Å². The molecule has 0 saturated carbocycles. The second-order valence-corrected chi connectivity index (χ2v) is 3.41. The van der Waals surface area contributed by atoms with Crippen LogP contribution >= 0.6 is 0 Å². The molecule has 4 heteroatoms. The first-order valence-corrected chi connectivity index (χ1v) is 4.95. The number of carbonyl (C=O) groups is 2. The molecule has 0 unspecified atom stereocenters. The summed E-state index contributed by atoms with van der Waals surface area (Å²) in [5.74, 6) is 4.30. The van der Waals surface area contributed by atoms with Crippen LogP contribution in [0.25, 0.3) is 0 Å². The number of allylic oxidation sites excluding steroid dienone is 1. The third-order valence-corrected chi connectivity index (χ3v) is 1.81. The number of pyridine rings is 1. The Balaban J connectivity index is 2.60. The number of carbonyl (C=O) groups excluding carboxylic acids is 2. The van der Waals surface area contributed by atoms with E-state index < -0.39 is 11.7 Å². The molecular weight excluding hydrogens is 216 g/mol. The maximum absolute atomic E-state index is 11.2. The predicted molar refractivity (Wildman–Crippen MR) is 64.0 cm³/mol. The van der Waals surface area contributed by atoms with Crippen LogP contribution in [0.2, 0.25) is 0 Å². The van der Waals surface area contributed by atoms with E-state index in [1.54, 1.807) is 24.5 Å². The van der Waals surface area contributed by atoms with Gasteiger partial charge in [-0.25, -0.2) is 0 Å². The molecule has 0 aliphatic carbocycles. The first kappa shape index (κ1) is 12.7. The Morgan fingerprint density at radius 2 is 2.18 bits per heavy atom. The van der Waals surface area contributed by atoms with E-state index in [2.05, 4.69) is 16.8 Å². The van der Waals surface area contributed by atoms with Crippen LogP contribution in [0.5, 0.6) is 0 Å². The van der Waals surface area contributed by atoms with E-state index >= 15 is 0 Å². The summed E-state index contributed by atoms with van der Waals surface area (Å²) >= 11 is 0. The van der Waals surface area contributed by atoms with E-state index in [1.165, 1.54) is 25.1 Å². The Bertz CT molecular complexity index is 493. The summed E-state index contributed by atoms with van der Waals surface area (Å²) < 4.78 is 0. The Kier molecular flexibility index (Phi) is 4.64. The molecule has 1 aromatic heterocycles. The average Bonchev–Trinajstić information content (AvgIpc) is 2.34.